The van der Waals surface area contributed by atoms with E-state index in [0.717, 1.165) is 25.9 Å². The highest BCUT2D eigenvalue weighted by molar-refractivity contribution is 5.76. The third-order valence-electron chi connectivity index (χ3n) is 3.34. The van der Waals surface area contributed by atoms with Gasteiger partial charge in [0.1, 0.15) is 0 Å². The van der Waals surface area contributed by atoms with Gasteiger partial charge in [0.2, 0.25) is 5.91 Å². The van der Waals surface area contributed by atoms with E-state index in [1.807, 2.05) is 11.8 Å². The fraction of sp³-hybridized carbons (Fsp3) is 0.929. The summed E-state index contributed by atoms with van der Waals surface area (Å²) in [5, 5.41) is 0. The average molecular weight is 241 g/mol. The van der Waals surface area contributed by atoms with Crippen LogP contribution in [0.4, 0.5) is 0 Å². The molecule has 1 atom stereocenters. The molecule has 3 nitrogen and oxygen atoms in total. The highest BCUT2D eigenvalue weighted by Gasteiger charge is 2.20. The molecule has 0 spiro atoms. The molecule has 1 aliphatic heterocycles. The average Bonchev–Trinajstić information content (AvgIpc) is 2.33. The minimum atomic E-state index is 0.206. The van der Waals surface area contributed by atoms with Crippen molar-refractivity contribution in [3.8, 4) is 0 Å². The molecule has 0 saturated carbocycles. The van der Waals surface area contributed by atoms with Crippen LogP contribution in [0, 0.1) is 0 Å². The smallest absolute Gasteiger partial charge is 0.222 e. The molecule has 1 saturated heterocycles. The van der Waals surface area contributed by atoms with Gasteiger partial charge in [-0.15, -0.1) is 0 Å². The van der Waals surface area contributed by atoms with Crippen LogP contribution in [0.5, 0.6) is 0 Å². The van der Waals surface area contributed by atoms with Gasteiger partial charge in [0.25, 0.3) is 0 Å². The molecule has 17 heavy (non-hydrogen) atoms. The Hall–Kier alpha value is -0.570. The Labute approximate surface area is 106 Å². The van der Waals surface area contributed by atoms with Crippen molar-refractivity contribution in [1.29, 1.82) is 0 Å². The first-order chi connectivity index (χ1) is 8.24. The first kappa shape index (κ1) is 14.5. The zero-order valence-electron chi connectivity index (χ0n) is 11.4. The standard InChI is InChI=1S/C14H27NO2/c1-3-4-5-6-7-8-9-14(16)15-10-11-17-13(2)12-15/h13H,3-12H2,1-2H3. The molecule has 1 rings (SSSR count). The number of nitrogens with zero attached hydrogens (tertiary/aromatic N) is 1. The molecular weight excluding hydrogens is 214 g/mol. The van der Waals surface area contributed by atoms with Crippen LogP contribution in [0.2, 0.25) is 0 Å². The molecule has 1 unspecified atom stereocenters. The van der Waals surface area contributed by atoms with Crippen LogP contribution >= 0.6 is 0 Å². The summed E-state index contributed by atoms with van der Waals surface area (Å²) in [4.78, 5) is 13.9. The van der Waals surface area contributed by atoms with Gasteiger partial charge < -0.3 is 9.64 Å². The van der Waals surface area contributed by atoms with Crippen molar-refractivity contribution in [2.45, 2.75) is 64.9 Å². The number of rotatable bonds is 7. The molecular formula is C14H27NO2. The van der Waals surface area contributed by atoms with E-state index < -0.39 is 0 Å². The second-order valence-electron chi connectivity index (χ2n) is 5.04. The Balaban J connectivity index is 2.04. The van der Waals surface area contributed by atoms with Crippen LogP contribution < -0.4 is 0 Å². The molecule has 1 heterocycles. The van der Waals surface area contributed by atoms with Gasteiger partial charge in [0.15, 0.2) is 0 Å². The molecule has 3 heteroatoms. The topological polar surface area (TPSA) is 29.5 Å². The maximum absolute atomic E-state index is 11.9. The lowest BCUT2D eigenvalue weighted by Crippen LogP contribution is -2.44. The van der Waals surface area contributed by atoms with E-state index in [2.05, 4.69) is 6.92 Å². The van der Waals surface area contributed by atoms with E-state index in [9.17, 15) is 4.79 Å². The Morgan fingerprint density at radius 1 is 1.24 bits per heavy atom. The SMILES string of the molecule is CCCCCCCCC(=O)N1CCOC(C)C1. The molecule has 1 amide bonds. The molecule has 0 aliphatic carbocycles. The monoisotopic (exact) mass is 241 g/mol. The molecule has 1 aliphatic rings. The highest BCUT2D eigenvalue weighted by Crippen LogP contribution is 2.10. The van der Waals surface area contributed by atoms with E-state index in [4.69, 9.17) is 4.74 Å². The van der Waals surface area contributed by atoms with Crippen molar-refractivity contribution in [2.75, 3.05) is 19.7 Å². The molecule has 0 N–H and O–H groups in total. The molecule has 0 aromatic rings. The molecule has 0 radical (unpaired) electrons. The van der Waals surface area contributed by atoms with Crippen molar-refractivity contribution < 1.29 is 9.53 Å². The lowest BCUT2D eigenvalue weighted by atomic mass is 10.1. The van der Waals surface area contributed by atoms with Gasteiger partial charge in [0.05, 0.1) is 12.7 Å². The first-order valence-corrected chi connectivity index (χ1v) is 7.13. The van der Waals surface area contributed by atoms with Gasteiger partial charge in [-0.2, -0.15) is 0 Å². The summed E-state index contributed by atoms with van der Waals surface area (Å²) in [6.45, 7) is 6.50. The van der Waals surface area contributed by atoms with Crippen molar-refractivity contribution in [2.24, 2.45) is 0 Å². The quantitative estimate of drug-likeness (QED) is 0.641. The zero-order chi connectivity index (χ0) is 12.5. The Morgan fingerprint density at radius 2 is 1.94 bits per heavy atom. The van der Waals surface area contributed by atoms with Gasteiger partial charge in [-0.1, -0.05) is 39.0 Å². The van der Waals surface area contributed by atoms with Crippen LogP contribution in [0.15, 0.2) is 0 Å². The van der Waals surface area contributed by atoms with E-state index in [1.165, 1.54) is 32.1 Å². The Kier molecular flexibility index (Phi) is 7.25. The van der Waals surface area contributed by atoms with E-state index in [-0.39, 0.29) is 6.10 Å². The predicted molar refractivity (Wildman–Crippen MR) is 70.0 cm³/mol. The third-order valence-corrected chi connectivity index (χ3v) is 3.34. The molecule has 0 aromatic carbocycles. The Morgan fingerprint density at radius 3 is 2.65 bits per heavy atom. The van der Waals surface area contributed by atoms with Crippen LogP contribution in [0.1, 0.15) is 58.8 Å². The summed E-state index contributed by atoms with van der Waals surface area (Å²) in [6.07, 6.45) is 8.38. The second kappa shape index (κ2) is 8.51. The maximum Gasteiger partial charge on any atom is 0.222 e. The summed E-state index contributed by atoms with van der Waals surface area (Å²) in [5.41, 5.74) is 0. The van der Waals surface area contributed by atoms with Crippen LogP contribution in [-0.4, -0.2) is 36.6 Å². The minimum Gasteiger partial charge on any atom is -0.375 e. The summed E-state index contributed by atoms with van der Waals surface area (Å²) in [6, 6.07) is 0. The number of hydrogen-bond acceptors (Lipinski definition) is 2. The van der Waals surface area contributed by atoms with Gasteiger partial charge in [0, 0.05) is 19.5 Å². The summed E-state index contributed by atoms with van der Waals surface area (Å²) in [7, 11) is 0. The Bertz CT molecular complexity index is 218. The fourth-order valence-electron chi connectivity index (χ4n) is 2.26. The first-order valence-electron chi connectivity index (χ1n) is 7.13. The lowest BCUT2D eigenvalue weighted by molar-refractivity contribution is -0.138. The normalized spacial score (nSPS) is 20.6. The number of amides is 1. The third kappa shape index (κ3) is 6.06. The van der Waals surface area contributed by atoms with Gasteiger partial charge in [-0.05, 0) is 13.3 Å². The van der Waals surface area contributed by atoms with E-state index in [0.29, 0.717) is 12.5 Å². The number of morpholine rings is 1. The maximum atomic E-state index is 11.9. The fourth-order valence-corrected chi connectivity index (χ4v) is 2.26. The summed E-state index contributed by atoms with van der Waals surface area (Å²) < 4.78 is 5.43. The van der Waals surface area contributed by atoms with Gasteiger partial charge in [-0.25, -0.2) is 0 Å². The van der Waals surface area contributed by atoms with Gasteiger partial charge >= 0.3 is 0 Å². The number of carbonyl (C=O) groups excluding carboxylic acids is 1. The minimum absolute atomic E-state index is 0.206. The molecule has 0 bridgehead atoms. The number of carbonyl (C=O) groups is 1. The number of ether oxygens (including phenoxy) is 1. The summed E-state index contributed by atoms with van der Waals surface area (Å²) in [5.74, 6) is 0.315. The van der Waals surface area contributed by atoms with E-state index in [1.54, 1.807) is 0 Å². The highest BCUT2D eigenvalue weighted by atomic mass is 16.5. The van der Waals surface area contributed by atoms with Crippen LogP contribution in [-0.2, 0) is 9.53 Å². The predicted octanol–water partition coefficient (Wildman–Crippen LogP) is 2.98. The molecule has 100 valence electrons. The largest absolute Gasteiger partial charge is 0.375 e. The summed E-state index contributed by atoms with van der Waals surface area (Å²) >= 11 is 0. The van der Waals surface area contributed by atoms with Crippen LogP contribution in [0.3, 0.4) is 0 Å². The number of unbranched alkanes of at least 4 members (excludes halogenated alkanes) is 5. The van der Waals surface area contributed by atoms with Crippen molar-refractivity contribution >= 4 is 5.91 Å². The zero-order valence-corrected chi connectivity index (χ0v) is 11.4. The van der Waals surface area contributed by atoms with E-state index >= 15 is 0 Å². The van der Waals surface area contributed by atoms with Crippen molar-refractivity contribution in [3.63, 3.8) is 0 Å². The number of hydrogen-bond donors (Lipinski definition) is 0. The molecule has 0 aromatic heterocycles. The van der Waals surface area contributed by atoms with Crippen molar-refractivity contribution in [3.05, 3.63) is 0 Å². The van der Waals surface area contributed by atoms with Gasteiger partial charge in [-0.3, -0.25) is 4.79 Å². The van der Waals surface area contributed by atoms with Crippen molar-refractivity contribution in [1.82, 2.24) is 4.90 Å². The molecule has 1 fully saturated rings. The lowest BCUT2D eigenvalue weighted by Gasteiger charge is -2.31. The van der Waals surface area contributed by atoms with Crippen LogP contribution in [0.25, 0.3) is 0 Å². The second-order valence-corrected chi connectivity index (χ2v) is 5.04.